The molecule has 0 saturated heterocycles. The predicted molar refractivity (Wildman–Crippen MR) is 76.2 cm³/mol. The number of nitrogens with one attached hydrogen (secondary N) is 1. The third-order valence-corrected chi connectivity index (χ3v) is 4.09. The van der Waals surface area contributed by atoms with Gasteiger partial charge in [0.15, 0.2) is 0 Å². The van der Waals surface area contributed by atoms with E-state index in [0.717, 1.165) is 21.7 Å². The summed E-state index contributed by atoms with van der Waals surface area (Å²) in [5.41, 5.74) is 2.39. The van der Waals surface area contributed by atoms with Crippen LogP contribution in [0.3, 0.4) is 0 Å². The Labute approximate surface area is 114 Å². The Kier molecular flexibility index (Phi) is 4.31. The summed E-state index contributed by atoms with van der Waals surface area (Å²) in [5.74, 6) is 0. The maximum atomic E-state index is 4.44. The minimum Gasteiger partial charge on any atom is -0.304 e. The second-order valence-electron chi connectivity index (χ2n) is 4.04. The van der Waals surface area contributed by atoms with Crippen LogP contribution in [-0.4, -0.2) is 4.98 Å². The van der Waals surface area contributed by atoms with Crippen LogP contribution in [-0.2, 0) is 6.54 Å². The Hall–Kier alpha value is -0.710. The summed E-state index contributed by atoms with van der Waals surface area (Å²) in [6.07, 6.45) is 0. The normalized spacial score (nSPS) is 12.6. The Balaban J connectivity index is 1.93. The Bertz CT molecular complexity index is 478. The minimum absolute atomic E-state index is 0.340. The summed E-state index contributed by atoms with van der Waals surface area (Å²) in [4.78, 5) is 4.44. The number of hydrogen-bond donors (Lipinski definition) is 1. The summed E-state index contributed by atoms with van der Waals surface area (Å²) < 4.78 is 1.11. The lowest BCUT2D eigenvalue weighted by Gasteiger charge is -2.13. The molecular formula is C13H15BrN2S. The molecule has 0 aliphatic heterocycles. The highest BCUT2D eigenvalue weighted by molar-refractivity contribution is 9.10. The van der Waals surface area contributed by atoms with Crippen LogP contribution in [0, 0.1) is 6.92 Å². The third kappa shape index (κ3) is 3.63. The molecule has 2 nitrogen and oxygen atoms in total. The first-order chi connectivity index (χ1) is 8.15. The summed E-state index contributed by atoms with van der Waals surface area (Å²) in [7, 11) is 0. The largest absolute Gasteiger partial charge is 0.304 e. The molecule has 1 atom stereocenters. The summed E-state index contributed by atoms with van der Waals surface area (Å²) >= 11 is 5.15. The van der Waals surface area contributed by atoms with Crippen molar-refractivity contribution < 1.29 is 0 Å². The van der Waals surface area contributed by atoms with Crippen molar-refractivity contribution in [1.29, 1.82) is 0 Å². The van der Waals surface area contributed by atoms with Gasteiger partial charge in [0.2, 0.25) is 0 Å². The molecule has 0 aliphatic rings. The van der Waals surface area contributed by atoms with Crippen LogP contribution in [0.2, 0.25) is 0 Å². The number of aromatic nitrogens is 1. The maximum Gasteiger partial charge on any atom is 0.107 e. The van der Waals surface area contributed by atoms with Gasteiger partial charge in [-0.25, -0.2) is 4.98 Å². The molecule has 0 aliphatic carbocycles. The topological polar surface area (TPSA) is 24.9 Å². The average Bonchev–Trinajstić information content (AvgIpc) is 2.73. The van der Waals surface area contributed by atoms with E-state index in [4.69, 9.17) is 0 Å². The number of benzene rings is 1. The van der Waals surface area contributed by atoms with Gasteiger partial charge in [-0.1, -0.05) is 28.1 Å². The van der Waals surface area contributed by atoms with E-state index in [1.54, 1.807) is 11.3 Å². The lowest BCUT2D eigenvalue weighted by molar-refractivity contribution is 0.573. The Morgan fingerprint density at radius 3 is 2.65 bits per heavy atom. The second-order valence-corrected chi connectivity index (χ2v) is 5.90. The summed E-state index contributed by atoms with van der Waals surface area (Å²) in [6, 6.07) is 8.75. The van der Waals surface area contributed by atoms with Gasteiger partial charge in [0, 0.05) is 28.1 Å². The highest BCUT2D eigenvalue weighted by atomic mass is 79.9. The van der Waals surface area contributed by atoms with Crippen molar-refractivity contribution in [3.05, 3.63) is 50.4 Å². The highest BCUT2D eigenvalue weighted by Gasteiger charge is 2.05. The van der Waals surface area contributed by atoms with Gasteiger partial charge >= 0.3 is 0 Å². The zero-order chi connectivity index (χ0) is 12.3. The molecule has 17 heavy (non-hydrogen) atoms. The average molecular weight is 311 g/mol. The van der Waals surface area contributed by atoms with Crippen LogP contribution >= 0.6 is 27.3 Å². The van der Waals surface area contributed by atoms with Crippen LogP contribution in [0.25, 0.3) is 0 Å². The molecule has 1 N–H and O–H groups in total. The number of halogens is 1. The zero-order valence-electron chi connectivity index (χ0n) is 9.90. The van der Waals surface area contributed by atoms with Gasteiger partial charge in [0.25, 0.3) is 0 Å². The van der Waals surface area contributed by atoms with Crippen molar-refractivity contribution in [2.45, 2.75) is 26.4 Å². The van der Waals surface area contributed by atoms with E-state index in [0.29, 0.717) is 6.04 Å². The number of thiazole rings is 1. The first-order valence-electron chi connectivity index (χ1n) is 5.55. The van der Waals surface area contributed by atoms with Gasteiger partial charge in [0.1, 0.15) is 5.01 Å². The number of hydrogen-bond acceptors (Lipinski definition) is 3. The van der Waals surface area contributed by atoms with Crippen LogP contribution < -0.4 is 5.32 Å². The van der Waals surface area contributed by atoms with Crippen LogP contribution in [0.1, 0.15) is 29.2 Å². The van der Waals surface area contributed by atoms with E-state index in [9.17, 15) is 0 Å². The number of nitrogens with zero attached hydrogens (tertiary/aromatic N) is 1. The fraction of sp³-hybridized carbons (Fsp3) is 0.308. The first kappa shape index (κ1) is 12.7. The van der Waals surface area contributed by atoms with Crippen LogP contribution in [0.4, 0.5) is 0 Å². The van der Waals surface area contributed by atoms with Crippen molar-refractivity contribution in [1.82, 2.24) is 10.3 Å². The molecule has 0 spiro atoms. The molecule has 0 bridgehead atoms. The smallest absolute Gasteiger partial charge is 0.107 e. The fourth-order valence-electron chi connectivity index (χ4n) is 1.59. The van der Waals surface area contributed by atoms with E-state index in [1.165, 1.54) is 5.56 Å². The van der Waals surface area contributed by atoms with Gasteiger partial charge < -0.3 is 5.32 Å². The maximum absolute atomic E-state index is 4.44. The van der Waals surface area contributed by atoms with Gasteiger partial charge in [-0.2, -0.15) is 0 Å². The molecular weight excluding hydrogens is 296 g/mol. The second kappa shape index (κ2) is 5.76. The van der Waals surface area contributed by atoms with E-state index in [1.807, 2.05) is 6.92 Å². The molecule has 1 aromatic heterocycles. The van der Waals surface area contributed by atoms with E-state index in [2.05, 4.69) is 62.8 Å². The molecule has 0 saturated carbocycles. The van der Waals surface area contributed by atoms with Crippen molar-refractivity contribution in [2.75, 3.05) is 0 Å². The molecule has 0 unspecified atom stereocenters. The SMILES string of the molecule is Cc1csc(CN[C@H](C)c2ccc(Br)cc2)n1. The van der Waals surface area contributed by atoms with Gasteiger partial charge in [-0.15, -0.1) is 11.3 Å². The Morgan fingerprint density at radius 2 is 2.06 bits per heavy atom. The van der Waals surface area contributed by atoms with Gasteiger partial charge in [-0.3, -0.25) is 0 Å². The standard InChI is InChI=1S/C13H15BrN2S/c1-9-8-17-13(16-9)7-15-10(2)11-3-5-12(14)6-4-11/h3-6,8,10,15H,7H2,1-2H3/t10-/m1/s1. The molecule has 2 aromatic rings. The summed E-state index contributed by atoms with van der Waals surface area (Å²) in [5, 5.41) is 6.71. The quantitative estimate of drug-likeness (QED) is 0.921. The third-order valence-electron chi connectivity index (χ3n) is 2.60. The minimum atomic E-state index is 0.340. The van der Waals surface area contributed by atoms with E-state index in [-0.39, 0.29) is 0 Å². The van der Waals surface area contributed by atoms with Crippen molar-refractivity contribution in [3.63, 3.8) is 0 Å². The number of rotatable bonds is 4. The molecule has 2 rings (SSSR count). The zero-order valence-corrected chi connectivity index (χ0v) is 12.3. The molecule has 0 fully saturated rings. The highest BCUT2D eigenvalue weighted by Crippen LogP contribution is 2.17. The monoisotopic (exact) mass is 310 g/mol. The predicted octanol–water partition coefficient (Wildman–Crippen LogP) is 4.06. The van der Waals surface area contributed by atoms with Crippen molar-refractivity contribution in [3.8, 4) is 0 Å². The fourth-order valence-corrected chi connectivity index (χ4v) is 2.58. The van der Waals surface area contributed by atoms with Crippen molar-refractivity contribution >= 4 is 27.3 Å². The first-order valence-corrected chi connectivity index (χ1v) is 7.22. The van der Waals surface area contributed by atoms with Crippen molar-refractivity contribution in [2.24, 2.45) is 0 Å². The Morgan fingerprint density at radius 1 is 1.35 bits per heavy atom. The molecule has 4 heteroatoms. The van der Waals surface area contributed by atoms with E-state index >= 15 is 0 Å². The van der Waals surface area contributed by atoms with E-state index < -0.39 is 0 Å². The lowest BCUT2D eigenvalue weighted by atomic mass is 10.1. The van der Waals surface area contributed by atoms with Gasteiger partial charge in [-0.05, 0) is 31.5 Å². The summed E-state index contributed by atoms with van der Waals surface area (Å²) in [6.45, 7) is 5.03. The number of aryl methyl sites for hydroxylation is 1. The van der Waals surface area contributed by atoms with Crippen LogP contribution in [0.5, 0.6) is 0 Å². The van der Waals surface area contributed by atoms with Crippen LogP contribution in [0.15, 0.2) is 34.1 Å². The van der Waals surface area contributed by atoms with Gasteiger partial charge in [0.05, 0.1) is 0 Å². The molecule has 90 valence electrons. The molecule has 1 aromatic carbocycles. The molecule has 0 radical (unpaired) electrons. The molecule has 0 amide bonds. The molecule has 1 heterocycles. The lowest BCUT2D eigenvalue weighted by Crippen LogP contribution is -2.17.